The molecule has 1 aromatic rings. The lowest BCUT2D eigenvalue weighted by atomic mass is 9.93. The Balaban J connectivity index is 1.90. The first-order chi connectivity index (χ1) is 7.66. The Morgan fingerprint density at radius 1 is 1.50 bits per heavy atom. The lowest BCUT2D eigenvalue weighted by molar-refractivity contribution is -0.119. The van der Waals surface area contributed by atoms with Crippen molar-refractivity contribution in [2.24, 2.45) is 11.7 Å². The minimum absolute atomic E-state index is 0.216. The third-order valence-electron chi connectivity index (χ3n) is 2.84. The van der Waals surface area contributed by atoms with Crippen molar-refractivity contribution in [2.45, 2.75) is 19.3 Å². The highest BCUT2D eigenvalue weighted by molar-refractivity contribution is 6.99. The quantitative estimate of drug-likeness (QED) is 0.889. The smallest absolute Gasteiger partial charge is 0.217 e. The van der Waals surface area contributed by atoms with Gasteiger partial charge in [0.25, 0.3) is 0 Å². The molecule has 5 nitrogen and oxygen atoms in total. The number of nitrogens with zero attached hydrogens (tertiary/aromatic N) is 3. The highest BCUT2D eigenvalue weighted by Crippen LogP contribution is 2.28. The molecule has 0 unspecified atom stereocenters. The van der Waals surface area contributed by atoms with Crippen LogP contribution in [0.15, 0.2) is 0 Å². The summed E-state index contributed by atoms with van der Waals surface area (Å²) in [6, 6.07) is 0. The van der Waals surface area contributed by atoms with Crippen molar-refractivity contribution in [2.75, 3.05) is 18.0 Å². The fraction of sp³-hybridized carbons (Fsp3) is 0.667. The molecule has 0 bridgehead atoms. The standard InChI is InChI=1S/C9H13ClN4OS/c10-8-9(13-16-12-8)14-3-1-6(2-4-14)5-7(11)15/h6H,1-5H2,(H2,11,15). The molecule has 0 aliphatic carbocycles. The Morgan fingerprint density at radius 3 is 2.69 bits per heavy atom. The minimum Gasteiger partial charge on any atom is -0.370 e. The van der Waals surface area contributed by atoms with E-state index in [0.29, 0.717) is 17.5 Å². The molecule has 88 valence electrons. The van der Waals surface area contributed by atoms with Gasteiger partial charge in [-0.15, -0.1) is 0 Å². The maximum atomic E-state index is 10.8. The minimum atomic E-state index is -0.216. The van der Waals surface area contributed by atoms with Crippen molar-refractivity contribution in [3.63, 3.8) is 0 Å². The van der Waals surface area contributed by atoms with Crippen molar-refractivity contribution in [1.29, 1.82) is 0 Å². The molecular formula is C9H13ClN4OS. The third kappa shape index (κ3) is 2.62. The zero-order chi connectivity index (χ0) is 11.5. The zero-order valence-corrected chi connectivity index (χ0v) is 10.3. The number of halogens is 1. The van der Waals surface area contributed by atoms with E-state index >= 15 is 0 Å². The highest BCUT2D eigenvalue weighted by Gasteiger charge is 2.23. The van der Waals surface area contributed by atoms with Crippen molar-refractivity contribution in [3.05, 3.63) is 5.15 Å². The summed E-state index contributed by atoms with van der Waals surface area (Å²) in [6.07, 6.45) is 2.39. The lowest BCUT2D eigenvalue weighted by Crippen LogP contribution is -2.35. The van der Waals surface area contributed by atoms with Crippen LogP contribution in [0.3, 0.4) is 0 Å². The Morgan fingerprint density at radius 2 is 2.19 bits per heavy atom. The molecule has 1 saturated heterocycles. The van der Waals surface area contributed by atoms with Gasteiger partial charge in [-0.25, -0.2) is 0 Å². The SMILES string of the molecule is NC(=O)CC1CCN(c2nsnc2Cl)CC1. The molecule has 2 heterocycles. The molecule has 0 spiro atoms. The molecule has 1 aromatic heterocycles. The average Bonchev–Trinajstić information content (AvgIpc) is 2.65. The van der Waals surface area contributed by atoms with Crippen molar-refractivity contribution >= 4 is 35.1 Å². The Labute approximate surface area is 103 Å². The fourth-order valence-electron chi connectivity index (χ4n) is 2.00. The van der Waals surface area contributed by atoms with Crippen LogP contribution in [0.5, 0.6) is 0 Å². The van der Waals surface area contributed by atoms with Gasteiger partial charge in [-0.05, 0) is 18.8 Å². The van der Waals surface area contributed by atoms with E-state index in [9.17, 15) is 4.79 Å². The first kappa shape index (κ1) is 11.6. The normalized spacial score (nSPS) is 17.7. The fourth-order valence-corrected chi connectivity index (χ4v) is 2.77. The predicted molar refractivity (Wildman–Crippen MR) is 63.7 cm³/mol. The molecule has 0 atom stereocenters. The summed E-state index contributed by atoms with van der Waals surface area (Å²) in [5.74, 6) is 0.954. The van der Waals surface area contributed by atoms with E-state index in [2.05, 4.69) is 13.6 Å². The Hall–Kier alpha value is -0.880. The van der Waals surface area contributed by atoms with Gasteiger partial charge in [-0.1, -0.05) is 11.6 Å². The van der Waals surface area contributed by atoms with Gasteiger partial charge in [0.2, 0.25) is 5.91 Å². The van der Waals surface area contributed by atoms with Crippen LogP contribution in [-0.4, -0.2) is 27.7 Å². The van der Waals surface area contributed by atoms with Crippen LogP contribution in [0.25, 0.3) is 0 Å². The number of rotatable bonds is 3. The number of hydrogen-bond acceptors (Lipinski definition) is 5. The van der Waals surface area contributed by atoms with Gasteiger partial charge in [0.1, 0.15) is 0 Å². The molecular weight excluding hydrogens is 248 g/mol. The van der Waals surface area contributed by atoms with E-state index in [0.717, 1.165) is 43.5 Å². The van der Waals surface area contributed by atoms with Crippen LogP contribution in [-0.2, 0) is 4.79 Å². The van der Waals surface area contributed by atoms with Crippen molar-refractivity contribution < 1.29 is 4.79 Å². The second-order valence-corrected chi connectivity index (χ2v) is 4.87. The number of nitrogens with two attached hydrogens (primary N) is 1. The average molecular weight is 261 g/mol. The second-order valence-electron chi connectivity index (χ2n) is 3.98. The first-order valence-electron chi connectivity index (χ1n) is 5.18. The summed E-state index contributed by atoms with van der Waals surface area (Å²) in [7, 11) is 0. The van der Waals surface area contributed by atoms with E-state index in [4.69, 9.17) is 17.3 Å². The molecule has 2 rings (SSSR count). The topological polar surface area (TPSA) is 72.1 Å². The van der Waals surface area contributed by atoms with Gasteiger partial charge < -0.3 is 10.6 Å². The lowest BCUT2D eigenvalue weighted by Gasteiger charge is -2.31. The molecule has 1 fully saturated rings. The molecule has 0 saturated carbocycles. The van der Waals surface area contributed by atoms with Crippen molar-refractivity contribution in [3.8, 4) is 0 Å². The third-order valence-corrected chi connectivity index (χ3v) is 3.71. The highest BCUT2D eigenvalue weighted by atomic mass is 35.5. The number of carbonyl (C=O) groups excluding carboxylic acids is 1. The number of anilines is 1. The molecule has 0 aromatic carbocycles. The largest absolute Gasteiger partial charge is 0.370 e. The number of primary amides is 1. The van der Waals surface area contributed by atoms with Crippen LogP contribution in [0.1, 0.15) is 19.3 Å². The van der Waals surface area contributed by atoms with E-state index in [1.165, 1.54) is 0 Å². The summed E-state index contributed by atoms with van der Waals surface area (Å²) in [4.78, 5) is 12.9. The summed E-state index contributed by atoms with van der Waals surface area (Å²) >= 11 is 7.04. The summed E-state index contributed by atoms with van der Waals surface area (Å²) in [6.45, 7) is 1.73. The van der Waals surface area contributed by atoms with Crippen LogP contribution >= 0.6 is 23.3 Å². The first-order valence-corrected chi connectivity index (χ1v) is 6.29. The van der Waals surface area contributed by atoms with E-state index in [1.54, 1.807) is 0 Å². The predicted octanol–water partition coefficient (Wildman–Crippen LogP) is 1.28. The maximum absolute atomic E-state index is 10.8. The number of piperidine rings is 1. The van der Waals surface area contributed by atoms with Crippen LogP contribution in [0.4, 0.5) is 5.82 Å². The zero-order valence-electron chi connectivity index (χ0n) is 8.73. The van der Waals surface area contributed by atoms with Crippen LogP contribution < -0.4 is 10.6 Å². The van der Waals surface area contributed by atoms with Gasteiger partial charge >= 0.3 is 0 Å². The summed E-state index contributed by atoms with van der Waals surface area (Å²) in [5, 5.41) is 0.471. The molecule has 7 heteroatoms. The number of aromatic nitrogens is 2. The Bertz CT molecular complexity index is 375. The van der Waals surface area contributed by atoms with Gasteiger partial charge in [0.15, 0.2) is 11.0 Å². The van der Waals surface area contributed by atoms with E-state index in [-0.39, 0.29) is 5.91 Å². The van der Waals surface area contributed by atoms with Crippen molar-refractivity contribution in [1.82, 2.24) is 8.75 Å². The van der Waals surface area contributed by atoms with Crippen LogP contribution in [0.2, 0.25) is 5.15 Å². The van der Waals surface area contributed by atoms with Gasteiger partial charge in [0.05, 0.1) is 11.7 Å². The molecule has 2 N–H and O–H groups in total. The summed E-state index contributed by atoms with van der Waals surface area (Å²) < 4.78 is 8.10. The van der Waals surface area contributed by atoms with E-state index < -0.39 is 0 Å². The van der Waals surface area contributed by atoms with Gasteiger partial charge in [0, 0.05) is 19.5 Å². The molecule has 1 aliphatic heterocycles. The molecule has 0 radical (unpaired) electrons. The maximum Gasteiger partial charge on any atom is 0.217 e. The second kappa shape index (κ2) is 4.97. The van der Waals surface area contributed by atoms with E-state index in [1.807, 2.05) is 0 Å². The molecule has 1 amide bonds. The Kier molecular flexibility index (Phi) is 3.60. The number of amides is 1. The van der Waals surface area contributed by atoms with Gasteiger partial charge in [-0.2, -0.15) is 8.75 Å². The molecule has 16 heavy (non-hydrogen) atoms. The number of carbonyl (C=O) groups is 1. The van der Waals surface area contributed by atoms with Crippen LogP contribution in [0, 0.1) is 5.92 Å². The van der Waals surface area contributed by atoms with Gasteiger partial charge in [-0.3, -0.25) is 4.79 Å². The molecule has 1 aliphatic rings. The summed E-state index contributed by atoms with van der Waals surface area (Å²) in [5.41, 5.74) is 5.18. The monoisotopic (exact) mass is 260 g/mol. The number of hydrogen-bond donors (Lipinski definition) is 1.